The van der Waals surface area contributed by atoms with E-state index >= 15 is 0 Å². The largest absolute Gasteiger partial charge is 0.508 e. The summed E-state index contributed by atoms with van der Waals surface area (Å²) in [6, 6.07) is 27.6. The van der Waals surface area contributed by atoms with E-state index in [2.05, 4.69) is 7.05 Å². The summed E-state index contributed by atoms with van der Waals surface area (Å²) in [7, 11) is 2.31. The van der Waals surface area contributed by atoms with Gasteiger partial charge in [0.1, 0.15) is 11.2 Å². The molecule has 1 aliphatic heterocycles. The maximum absolute atomic E-state index is 13.3. The maximum Gasteiger partial charge on any atom is 0.233 e. The van der Waals surface area contributed by atoms with Crippen molar-refractivity contribution in [1.29, 1.82) is 0 Å². The Hall–Kier alpha value is -2.76. The second kappa shape index (κ2) is 10.0. The highest BCUT2D eigenvalue weighted by Crippen LogP contribution is 2.45. The van der Waals surface area contributed by atoms with Crippen LogP contribution < -0.4 is 5.73 Å². The van der Waals surface area contributed by atoms with Crippen LogP contribution in [0.5, 0.6) is 5.75 Å². The van der Waals surface area contributed by atoms with Crippen LogP contribution >= 0.6 is 11.8 Å². The lowest BCUT2D eigenvalue weighted by atomic mass is 9.64. The molecule has 33 heavy (non-hydrogen) atoms. The fourth-order valence-corrected chi connectivity index (χ4v) is 6.36. The number of hydrogen-bond donors (Lipinski definition) is 2. The van der Waals surface area contributed by atoms with Crippen LogP contribution in [0.1, 0.15) is 24.0 Å². The van der Waals surface area contributed by atoms with Gasteiger partial charge in [0.25, 0.3) is 0 Å². The molecule has 3 N–H and O–H groups in total. The minimum atomic E-state index is -0.825. The summed E-state index contributed by atoms with van der Waals surface area (Å²) in [6.45, 7) is 3.01. The van der Waals surface area contributed by atoms with Crippen LogP contribution in [-0.4, -0.2) is 47.9 Å². The Morgan fingerprint density at radius 2 is 1.67 bits per heavy atom. The van der Waals surface area contributed by atoms with Crippen molar-refractivity contribution < 1.29 is 14.4 Å². The summed E-state index contributed by atoms with van der Waals surface area (Å²) >= 11 is 1.78. The molecule has 0 aromatic heterocycles. The number of phenolic OH excluding ortho intramolecular Hbond substituents is 1. The molecule has 1 saturated heterocycles. The van der Waals surface area contributed by atoms with E-state index in [0.29, 0.717) is 5.75 Å². The van der Waals surface area contributed by atoms with Crippen molar-refractivity contribution in [3.63, 3.8) is 0 Å². The Morgan fingerprint density at radius 1 is 1.03 bits per heavy atom. The van der Waals surface area contributed by atoms with Gasteiger partial charge in [-0.15, -0.1) is 11.8 Å². The molecular weight excluding hydrogens is 428 g/mol. The van der Waals surface area contributed by atoms with Crippen molar-refractivity contribution in [3.8, 4) is 5.75 Å². The minimum Gasteiger partial charge on any atom is -0.508 e. The molecule has 1 unspecified atom stereocenters. The van der Waals surface area contributed by atoms with Gasteiger partial charge in [0.05, 0.1) is 26.7 Å². The molecule has 1 heterocycles. The fourth-order valence-electron chi connectivity index (χ4n) is 5.47. The molecule has 5 heteroatoms. The summed E-state index contributed by atoms with van der Waals surface area (Å²) < 4.78 is 0.944. The van der Waals surface area contributed by atoms with Gasteiger partial charge in [-0.05, 0) is 29.3 Å². The average Bonchev–Trinajstić information content (AvgIpc) is 3.21. The molecule has 2 atom stereocenters. The number of hydrogen-bond acceptors (Lipinski definition) is 3. The molecular formula is C28H33N2O2S+. The van der Waals surface area contributed by atoms with Crippen molar-refractivity contribution in [2.24, 2.45) is 11.7 Å². The molecule has 0 aliphatic carbocycles. The third-order valence-corrected chi connectivity index (χ3v) is 8.15. The van der Waals surface area contributed by atoms with Crippen molar-refractivity contribution in [3.05, 3.63) is 96.1 Å². The number of thioether (sulfide) groups is 1. The van der Waals surface area contributed by atoms with Crippen molar-refractivity contribution in [2.75, 3.05) is 32.4 Å². The van der Waals surface area contributed by atoms with Crippen LogP contribution in [0.25, 0.3) is 0 Å². The number of quaternary nitrogens is 1. The van der Waals surface area contributed by atoms with Gasteiger partial charge in [-0.2, -0.15) is 0 Å². The SMILES string of the molecule is C[N@@+]1(CCCSc2cccc(O)c2)CCC(C(C(N)=O)(c2ccccc2)c2ccccc2)C1. The second-order valence-corrected chi connectivity index (χ2v) is 10.5. The highest BCUT2D eigenvalue weighted by molar-refractivity contribution is 7.99. The molecule has 1 amide bonds. The summed E-state index contributed by atoms with van der Waals surface area (Å²) in [6.07, 6.45) is 2.03. The van der Waals surface area contributed by atoms with E-state index in [1.807, 2.05) is 78.9 Å². The molecule has 3 aromatic carbocycles. The third-order valence-electron chi connectivity index (χ3n) is 7.07. The van der Waals surface area contributed by atoms with Gasteiger partial charge in [0, 0.05) is 29.4 Å². The third kappa shape index (κ3) is 4.94. The Kier molecular flexibility index (Phi) is 7.11. The zero-order valence-electron chi connectivity index (χ0n) is 19.2. The number of nitrogens with two attached hydrogens (primary N) is 1. The van der Waals surface area contributed by atoms with E-state index in [4.69, 9.17) is 5.73 Å². The van der Waals surface area contributed by atoms with Crippen molar-refractivity contribution in [1.82, 2.24) is 0 Å². The first kappa shape index (κ1) is 23.4. The van der Waals surface area contributed by atoms with E-state index in [0.717, 1.165) is 58.7 Å². The lowest BCUT2D eigenvalue weighted by molar-refractivity contribution is -0.899. The smallest absolute Gasteiger partial charge is 0.233 e. The van der Waals surface area contributed by atoms with Gasteiger partial charge in [-0.1, -0.05) is 66.7 Å². The van der Waals surface area contributed by atoms with Gasteiger partial charge >= 0.3 is 0 Å². The number of carbonyl (C=O) groups excluding carboxylic acids is 1. The molecule has 3 aromatic rings. The standard InChI is InChI=1S/C28H32N2O2S/c1-30(17-9-19-33-26-15-8-14-25(31)20-26)18-16-24(21-30)28(27(29)32,22-10-4-2-5-11-22)23-12-6-3-7-13-23/h2-8,10-15,20,24H,9,16-19,21H2,1H3,(H2-,29,31,32)/p+1/t24?,30-/m1/s1. The summed E-state index contributed by atoms with van der Waals surface area (Å²) in [4.78, 5) is 14.4. The van der Waals surface area contributed by atoms with Crippen LogP contribution in [0.2, 0.25) is 0 Å². The normalized spacial score (nSPS) is 20.6. The quantitative estimate of drug-likeness (QED) is 0.273. The molecule has 1 aliphatic rings. The first-order valence-corrected chi connectivity index (χ1v) is 12.6. The van der Waals surface area contributed by atoms with Gasteiger partial charge in [-0.3, -0.25) is 4.79 Å². The highest BCUT2D eigenvalue weighted by Gasteiger charge is 2.53. The second-order valence-electron chi connectivity index (χ2n) is 9.34. The van der Waals surface area contributed by atoms with E-state index < -0.39 is 5.41 Å². The van der Waals surface area contributed by atoms with Crippen LogP contribution in [0, 0.1) is 5.92 Å². The lowest BCUT2D eigenvalue weighted by Gasteiger charge is -2.38. The van der Waals surface area contributed by atoms with E-state index in [1.54, 1.807) is 17.8 Å². The predicted molar refractivity (Wildman–Crippen MR) is 135 cm³/mol. The summed E-state index contributed by atoms with van der Waals surface area (Å²) in [5.74, 6) is 1.19. The lowest BCUT2D eigenvalue weighted by Crippen LogP contribution is -2.51. The topological polar surface area (TPSA) is 63.3 Å². The number of phenols is 1. The van der Waals surface area contributed by atoms with E-state index in [-0.39, 0.29) is 11.8 Å². The molecule has 0 saturated carbocycles. The van der Waals surface area contributed by atoms with Crippen LogP contribution in [-0.2, 0) is 10.2 Å². The van der Waals surface area contributed by atoms with Crippen LogP contribution in [0.4, 0.5) is 0 Å². The van der Waals surface area contributed by atoms with Gasteiger partial charge in [-0.25, -0.2) is 0 Å². The number of nitrogens with zero attached hydrogens (tertiary/aromatic N) is 1. The first-order valence-electron chi connectivity index (χ1n) is 11.6. The Bertz CT molecular complexity index is 1030. The number of primary amides is 1. The molecule has 0 bridgehead atoms. The number of benzene rings is 3. The van der Waals surface area contributed by atoms with Crippen molar-refractivity contribution >= 4 is 17.7 Å². The average molecular weight is 462 g/mol. The van der Waals surface area contributed by atoms with Crippen LogP contribution in [0.3, 0.4) is 0 Å². The first-order chi connectivity index (χ1) is 15.9. The summed E-state index contributed by atoms with van der Waals surface area (Å²) in [5.41, 5.74) is 7.38. The number of rotatable bonds is 9. The van der Waals surface area contributed by atoms with E-state index in [9.17, 15) is 9.90 Å². The fraction of sp³-hybridized carbons (Fsp3) is 0.321. The Balaban J connectivity index is 1.52. The monoisotopic (exact) mass is 461 g/mol. The van der Waals surface area contributed by atoms with Crippen molar-refractivity contribution in [2.45, 2.75) is 23.2 Å². The zero-order valence-corrected chi connectivity index (χ0v) is 20.0. The van der Waals surface area contributed by atoms with E-state index in [1.165, 1.54) is 0 Å². The molecule has 4 rings (SSSR count). The summed E-state index contributed by atoms with van der Waals surface area (Å²) in [5, 5.41) is 9.67. The Morgan fingerprint density at radius 3 is 2.24 bits per heavy atom. The highest BCUT2D eigenvalue weighted by atomic mass is 32.2. The van der Waals surface area contributed by atoms with Gasteiger partial charge in [0.2, 0.25) is 5.91 Å². The van der Waals surface area contributed by atoms with Gasteiger partial charge < -0.3 is 15.3 Å². The predicted octanol–water partition coefficient (Wildman–Crippen LogP) is 4.81. The zero-order chi connectivity index (χ0) is 23.3. The molecule has 4 nitrogen and oxygen atoms in total. The number of aromatic hydroxyl groups is 1. The number of likely N-dealkylation sites (tertiary alicyclic amines) is 1. The molecule has 0 radical (unpaired) electrons. The van der Waals surface area contributed by atoms with Gasteiger partial charge in [0.15, 0.2) is 0 Å². The number of amides is 1. The molecule has 1 fully saturated rings. The maximum atomic E-state index is 13.3. The number of carbonyl (C=O) groups is 1. The molecule has 0 spiro atoms. The minimum absolute atomic E-state index is 0.142. The van der Waals surface area contributed by atoms with Crippen LogP contribution in [0.15, 0.2) is 89.8 Å². The Labute approximate surface area is 201 Å². The molecule has 172 valence electrons.